The van der Waals surface area contributed by atoms with E-state index in [2.05, 4.69) is 9.80 Å². The highest BCUT2D eigenvalue weighted by Crippen LogP contribution is 2.18. The summed E-state index contributed by atoms with van der Waals surface area (Å²) in [6.45, 7) is 5.59. The minimum atomic E-state index is -0.312. The van der Waals surface area contributed by atoms with Gasteiger partial charge in [0.15, 0.2) is 11.4 Å². The fourth-order valence-electron chi connectivity index (χ4n) is 3.40. The number of hydrogen-bond acceptors (Lipinski definition) is 5. The monoisotopic (exact) mass is 351 g/mol. The average Bonchev–Trinajstić information content (AvgIpc) is 2.98. The minimum Gasteiger partial charge on any atom is -0.408 e. The van der Waals surface area contributed by atoms with Gasteiger partial charge >= 0.3 is 5.76 Å². The lowest BCUT2D eigenvalue weighted by Gasteiger charge is -2.36. The van der Waals surface area contributed by atoms with Gasteiger partial charge in [-0.25, -0.2) is 4.79 Å². The molecule has 6 nitrogen and oxygen atoms in total. The number of para-hydroxylation sites is 2. The van der Waals surface area contributed by atoms with Crippen LogP contribution in [0.5, 0.6) is 0 Å². The van der Waals surface area contributed by atoms with Crippen molar-refractivity contribution in [3.8, 4) is 0 Å². The lowest BCUT2D eigenvalue weighted by Crippen LogP contribution is -2.47. The third-order valence-corrected chi connectivity index (χ3v) is 4.93. The van der Waals surface area contributed by atoms with Crippen LogP contribution in [-0.2, 0) is 6.67 Å². The first-order valence-corrected chi connectivity index (χ1v) is 8.78. The predicted octanol–water partition coefficient (Wildman–Crippen LogP) is 2.58. The Hall–Kier alpha value is -2.86. The van der Waals surface area contributed by atoms with E-state index in [-0.39, 0.29) is 11.5 Å². The summed E-state index contributed by atoms with van der Waals surface area (Å²) in [6.07, 6.45) is 0. The van der Waals surface area contributed by atoms with E-state index in [1.165, 1.54) is 0 Å². The number of carbonyl (C=O) groups is 1. The molecule has 1 fully saturated rings. The molecule has 0 aliphatic carbocycles. The van der Waals surface area contributed by atoms with Crippen molar-refractivity contribution in [2.75, 3.05) is 31.1 Å². The van der Waals surface area contributed by atoms with Gasteiger partial charge in [0.25, 0.3) is 0 Å². The van der Waals surface area contributed by atoms with Crippen LogP contribution in [0.15, 0.2) is 57.7 Å². The van der Waals surface area contributed by atoms with E-state index in [9.17, 15) is 9.59 Å². The molecule has 4 rings (SSSR count). The zero-order valence-corrected chi connectivity index (χ0v) is 14.7. The molecular weight excluding hydrogens is 330 g/mol. The number of oxazole rings is 1. The molecule has 0 unspecified atom stereocenters. The molecule has 1 saturated heterocycles. The van der Waals surface area contributed by atoms with E-state index >= 15 is 0 Å². The molecule has 0 amide bonds. The number of piperazine rings is 1. The summed E-state index contributed by atoms with van der Waals surface area (Å²) in [5.74, 6) is -0.229. The van der Waals surface area contributed by atoms with Crippen molar-refractivity contribution >= 4 is 22.6 Å². The van der Waals surface area contributed by atoms with Gasteiger partial charge in [0.1, 0.15) is 0 Å². The van der Waals surface area contributed by atoms with Gasteiger partial charge in [-0.1, -0.05) is 12.1 Å². The molecule has 2 aromatic carbocycles. The zero-order chi connectivity index (χ0) is 18.1. The minimum absolute atomic E-state index is 0.0825. The molecule has 1 aliphatic rings. The Morgan fingerprint density at radius 1 is 1.00 bits per heavy atom. The van der Waals surface area contributed by atoms with Crippen molar-refractivity contribution in [3.63, 3.8) is 0 Å². The summed E-state index contributed by atoms with van der Waals surface area (Å²) in [7, 11) is 0. The second-order valence-corrected chi connectivity index (χ2v) is 6.61. The summed E-state index contributed by atoms with van der Waals surface area (Å²) in [5, 5.41) is 0. The summed E-state index contributed by atoms with van der Waals surface area (Å²) in [5.41, 5.74) is 3.32. The highest BCUT2D eigenvalue weighted by molar-refractivity contribution is 5.94. The third-order valence-electron chi connectivity index (χ3n) is 4.93. The Morgan fingerprint density at radius 2 is 1.69 bits per heavy atom. The van der Waals surface area contributed by atoms with Crippen molar-refractivity contribution in [2.24, 2.45) is 0 Å². The maximum Gasteiger partial charge on any atom is 0.421 e. The maximum atomic E-state index is 12.1. The highest BCUT2D eigenvalue weighted by atomic mass is 16.4. The Balaban J connectivity index is 1.42. The molecule has 26 heavy (non-hydrogen) atoms. The van der Waals surface area contributed by atoms with Crippen molar-refractivity contribution in [3.05, 3.63) is 64.6 Å². The fourth-order valence-corrected chi connectivity index (χ4v) is 3.40. The Morgan fingerprint density at radius 3 is 2.38 bits per heavy atom. The van der Waals surface area contributed by atoms with Gasteiger partial charge in [-0.2, -0.15) is 0 Å². The van der Waals surface area contributed by atoms with Crippen LogP contribution in [-0.4, -0.2) is 41.4 Å². The molecule has 0 bridgehead atoms. The number of nitrogens with zero attached hydrogens (tertiary/aromatic N) is 3. The molecule has 3 aromatic rings. The van der Waals surface area contributed by atoms with Crippen molar-refractivity contribution < 1.29 is 9.21 Å². The lowest BCUT2D eigenvalue weighted by molar-refractivity contribution is 0.101. The van der Waals surface area contributed by atoms with Crippen molar-refractivity contribution in [2.45, 2.75) is 13.6 Å². The van der Waals surface area contributed by atoms with E-state index in [0.29, 0.717) is 12.3 Å². The number of benzene rings is 2. The normalized spacial score (nSPS) is 15.5. The van der Waals surface area contributed by atoms with Gasteiger partial charge < -0.3 is 9.32 Å². The van der Waals surface area contributed by atoms with Crippen LogP contribution in [0.25, 0.3) is 11.1 Å². The number of hydrogen-bond donors (Lipinski definition) is 0. The summed E-state index contributed by atoms with van der Waals surface area (Å²) in [4.78, 5) is 28.1. The second-order valence-electron chi connectivity index (χ2n) is 6.61. The highest BCUT2D eigenvalue weighted by Gasteiger charge is 2.19. The smallest absolute Gasteiger partial charge is 0.408 e. The standard InChI is InChI=1S/C20H21N3O3/c1-15(24)16-6-8-17(9-7-16)22-12-10-21(11-13-22)14-23-18-4-2-3-5-19(18)26-20(23)25/h2-9H,10-14H2,1H3. The van der Waals surface area contributed by atoms with Gasteiger partial charge in [0.2, 0.25) is 0 Å². The molecule has 2 heterocycles. The lowest BCUT2D eigenvalue weighted by atomic mass is 10.1. The molecule has 1 aliphatic heterocycles. The van der Waals surface area contributed by atoms with Crippen LogP contribution in [0, 0.1) is 0 Å². The average molecular weight is 351 g/mol. The van der Waals surface area contributed by atoms with Crippen LogP contribution < -0.4 is 10.7 Å². The maximum absolute atomic E-state index is 12.1. The second kappa shape index (κ2) is 6.80. The van der Waals surface area contributed by atoms with Crippen LogP contribution >= 0.6 is 0 Å². The van der Waals surface area contributed by atoms with Crippen molar-refractivity contribution in [1.82, 2.24) is 9.47 Å². The molecule has 0 saturated carbocycles. The Bertz CT molecular complexity index is 979. The van der Waals surface area contributed by atoms with Crippen LogP contribution in [0.3, 0.4) is 0 Å². The quantitative estimate of drug-likeness (QED) is 0.676. The van der Waals surface area contributed by atoms with E-state index in [4.69, 9.17) is 4.42 Å². The number of carbonyl (C=O) groups excluding carboxylic acids is 1. The number of anilines is 1. The SMILES string of the molecule is CC(=O)c1ccc(N2CCN(Cn3c(=O)oc4ccccc43)CC2)cc1. The van der Waals surface area contributed by atoms with Crippen LogP contribution in [0.2, 0.25) is 0 Å². The number of Topliss-reactive ketones (excluding diaryl/α,β-unsaturated/α-hetero) is 1. The van der Waals surface area contributed by atoms with Gasteiger partial charge in [-0.3, -0.25) is 14.3 Å². The molecule has 0 radical (unpaired) electrons. The molecule has 0 atom stereocenters. The first-order chi connectivity index (χ1) is 12.6. The number of rotatable bonds is 4. The molecule has 134 valence electrons. The van der Waals surface area contributed by atoms with E-state index in [1.54, 1.807) is 11.5 Å². The Kier molecular flexibility index (Phi) is 4.34. The summed E-state index contributed by atoms with van der Waals surface area (Å²) >= 11 is 0. The number of ketones is 1. The van der Waals surface area contributed by atoms with Gasteiger partial charge in [-0.05, 0) is 43.3 Å². The third kappa shape index (κ3) is 3.15. The van der Waals surface area contributed by atoms with Crippen LogP contribution in [0.4, 0.5) is 5.69 Å². The summed E-state index contributed by atoms with van der Waals surface area (Å²) < 4.78 is 6.99. The fraction of sp³-hybridized carbons (Fsp3) is 0.300. The number of aromatic nitrogens is 1. The topological polar surface area (TPSA) is 58.7 Å². The number of fused-ring (bicyclic) bond motifs is 1. The molecule has 1 aromatic heterocycles. The first-order valence-electron chi connectivity index (χ1n) is 8.78. The van der Waals surface area contributed by atoms with Gasteiger partial charge in [0, 0.05) is 37.4 Å². The predicted molar refractivity (Wildman–Crippen MR) is 101 cm³/mol. The van der Waals surface area contributed by atoms with Crippen LogP contribution in [0.1, 0.15) is 17.3 Å². The van der Waals surface area contributed by atoms with Crippen molar-refractivity contribution in [1.29, 1.82) is 0 Å². The molecule has 0 N–H and O–H groups in total. The van der Waals surface area contributed by atoms with E-state index < -0.39 is 0 Å². The molecule has 6 heteroatoms. The Labute approximate surface area is 151 Å². The zero-order valence-electron chi connectivity index (χ0n) is 14.7. The van der Waals surface area contributed by atoms with Gasteiger partial charge in [-0.15, -0.1) is 0 Å². The van der Waals surface area contributed by atoms with E-state index in [1.807, 2.05) is 48.5 Å². The first kappa shape index (κ1) is 16.6. The largest absolute Gasteiger partial charge is 0.421 e. The van der Waals surface area contributed by atoms with Gasteiger partial charge in [0.05, 0.1) is 12.2 Å². The molecule has 0 spiro atoms. The van der Waals surface area contributed by atoms with E-state index in [0.717, 1.165) is 42.9 Å². The molecular formula is C20H21N3O3. The summed E-state index contributed by atoms with van der Waals surface area (Å²) in [6, 6.07) is 15.3.